The normalized spacial score (nSPS) is 17.5. The molecule has 5 rings (SSSR count). The quantitative estimate of drug-likeness (QED) is 0.502. The number of nitrogens with zero attached hydrogens (tertiary/aromatic N) is 2. The van der Waals surface area contributed by atoms with Crippen LogP contribution in [0.15, 0.2) is 60.7 Å². The summed E-state index contributed by atoms with van der Waals surface area (Å²) in [7, 11) is 0. The summed E-state index contributed by atoms with van der Waals surface area (Å²) < 4.78 is 0. The van der Waals surface area contributed by atoms with Crippen LogP contribution < -0.4 is 4.90 Å². The molecule has 0 spiro atoms. The monoisotopic (exact) mass is 411 g/mol. The van der Waals surface area contributed by atoms with E-state index in [1.807, 2.05) is 42.5 Å². The van der Waals surface area contributed by atoms with Crippen molar-refractivity contribution in [1.82, 2.24) is 9.97 Å². The molecule has 1 aliphatic carbocycles. The van der Waals surface area contributed by atoms with E-state index >= 15 is 0 Å². The van der Waals surface area contributed by atoms with E-state index in [9.17, 15) is 9.90 Å². The van der Waals surface area contributed by atoms with E-state index in [0.717, 1.165) is 24.2 Å². The fourth-order valence-corrected chi connectivity index (χ4v) is 4.65. The first-order chi connectivity index (χ1) is 15.0. The molecule has 0 saturated heterocycles. The Morgan fingerprint density at radius 3 is 2.39 bits per heavy atom. The molecule has 0 fully saturated rings. The number of aliphatic hydroxyl groups is 1. The van der Waals surface area contributed by atoms with Crippen molar-refractivity contribution in [3.8, 4) is 11.4 Å². The van der Waals surface area contributed by atoms with Gasteiger partial charge in [0.05, 0.1) is 11.1 Å². The summed E-state index contributed by atoms with van der Waals surface area (Å²) in [5.74, 6) is 0.610. The van der Waals surface area contributed by atoms with Crippen LogP contribution in [-0.2, 0) is 5.60 Å². The Bertz CT molecular complexity index is 1300. The number of hydrogen-bond acceptors (Lipinski definition) is 4. The molecule has 1 aliphatic rings. The second-order valence-electron chi connectivity index (χ2n) is 8.14. The molecule has 1 aromatic heterocycles. The Morgan fingerprint density at radius 1 is 0.968 bits per heavy atom. The zero-order chi connectivity index (χ0) is 21.8. The molecule has 156 valence electrons. The third-order valence-corrected chi connectivity index (χ3v) is 6.37. The molecule has 1 heterocycles. The van der Waals surface area contributed by atoms with Crippen LogP contribution in [0, 0.1) is 0 Å². The third kappa shape index (κ3) is 2.88. The number of hydrogen-bond donors (Lipinski definition) is 2. The number of rotatable bonds is 4. The highest BCUT2D eigenvalue weighted by Crippen LogP contribution is 2.42. The van der Waals surface area contributed by atoms with E-state index in [1.165, 1.54) is 5.69 Å². The van der Waals surface area contributed by atoms with E-state index in [2.05, 4.69) is 35.9 Å². The van der Waals surface area contributed by atoms with Gasteiger partial charge < -0.3 is 15.0 Å². The molecular weight excluding hydrogens is 386 g/mol. The van der Waals surface area contributed by atoms with Crippen molar-refractivity contribution in [1.29, 1.82) is 0 Å². The average molecular weight is 412 g/mol. The van der Waals surface area contributed by atoms with Crippen molar-refractivity contribution in [2.24, 2.45) is 0 Å². The molecule has 4 aromatic rings. The zero-order valence-corrected chi connectivity index (χ0v) is 17.9. The second-order valence-corrected chi connectivity index (χ2v) is 8.14. The Labute approximate surface area is 181 Å². The van der Waals surface area contributed by atoms with Crippen LogP contribution in [-0.4, -0.2) is 33.9 Å². The van der Waals surface area contributed by atoms with Crippen LogP contribution in [0.3, 0.4) is 0 Å². The molecule has 2 N–H and O–H groups in total. The van der Waals surface area contributed by atoms with Crippen LogP contribution in [0.4, 0.5) is 5.69 Å². The Kier molecular flexibility index (Phi) is 4.45. The maximum atomic E-state index is 13.4. The highest BCUT2D eigenvalue weighted by atomic mass is 16.3. The van der Waals surface area contributed by atoms with Crippen molar-refractivity contribution in [2.75, 3.05) is 18.0 Å². The smallest absolute Gasteiger partial charge is 0.196 e. The largest absolute Gasteiger partial charge is 0.381 e. The second kappa shape index (κ2) is 7.06. The van der Waals surface area contributed by atoms with E-state index in [0.29, 0.717) is 33.6 Å². The summed E-state index contributed by atoms with van der Waals surface area (Å²) >= 11 is 0. The number of aromatic nitrogens is 2. The topological polar surface area (TPSA) is 69.2 Å². The fraction of sp³-hybridized carbons (Fsp3) is 0.231. The number of ketones is 1. The maximum absolute atomic E-state index is 13.4. The van der Waals surface area contributed by atoms with Gasteiger partial charge in [-0.3, -0.25) is 4.79 Å². The molecule has 3 aromatic carbocycles. The molecule has 0 amide bonds. The molecule has 1 unspecified atom stereocenters. The first-order valence-electron chi connectivity index (χ1n) is 10.7. The lowest BCUT2D eigenvalue weighted by Gasteiger charge is -2.32. The minimum absolute atomic E-state index is 0.0994. The number of aromatic amines is 1. The number of carbonyl (C=O) groups excluding carboxylic acids is 1. The predicted molar refractivity (Wildman–Crippen MR) is 124 cm³/mol. The van der Waals surface area contributed by atoms with Crippen molar-refractivity contribution in [3.05, 3.63) is 82.9 Å². The van der Waals surface area contributed by atoms with Crippen LogP contribution in [0.5, 0.6) is 0 Å². The molecule has 0 bridgehead atoms. The number of carbonyl (C=O) groups is 1. The van der Waals surface area contributed by atoms with Crippen LogP contribution in [0.2, 0.25) is 0 Å². The lowest BCUT2D eigenvalue weighted by atomic mass is 9.75. The number of H-pyrrole nitrogens is 1. The minimum atomic E-state index is -1.25. The maximum Gasteiger partial charge on any atom is 0.196 e. The number of anilines is 1. The molecule has 5 nitrogen and oxygen atoms in total. The van der Waals surface area contributed by atoms with Gasteiger partial charge in [0.15, 0.2) is 5.78 Å². The third-order valence-electron chi connectivity index (χ3n) is 6.37. The summed E-state index contributed by atoms with van der Waals surface area (Å²) in [5, 5.41) is 11.3. The molecular formula is C26H25N3O2. The lowest BCUT2D eigenvalue weighted by molar-refractivity contribution is 0.0865. The number of nitrogens with one attached hydrogen (secondary N) is 1. The molecule has 1 atom stereocenters. The molecule has 0 radical (unpaired) electrons. The lowest BCUT2D eigenvalue weighted by Crippen LogP contribution is -2.33. The number of fused-ring (bicyclic) bond motifs is 4. The van der Waals surface area contributed by atoms with Gasteiger partial charge in [0.1, 0.15) is 16.9 Å². The van der Waals surface area contributed by atoms with E-state index in [-0.39, 0.29) is 5.78 Å². The van der Waals surface area contributed by atoms with Gasteiger partial charge in [-0.1, -0.05) is 30.3 Å². The van der Waals surface area contributed by atoms with Gasteiger partial charge in [-0.05, 0) is 56.7 Å². The van der Waals surface area contributed by atoms with Crippen molar-refractivity contribution < 1.29 is 9.90 Å². The molecule has 0 saturated carbocycles. The summed E-state index contributed by atoms with van der Waals surface area (Å²) in [6, 6.07) is 19.3. The highest BCUT2D eigenvalue weighted by molar-refractivity contribution is 6.19. The molecule has 5 heteroatoms. The zero-order valence-electron chi connectivity index (χ0n) is 17.9. The summed E-state index contributed by atoms with van der Waals surface area (Å²) in [5.41, 5.74) is 4.49. The SMILES string of the molecule is CCN(CC)c1ccc(-c2nc3c4c(ccc3[nH]2)C(C)(O)c2ccccc2C4=O)cc1. The minimum Gasteiger partial charge on any atom is -0.381 e. The first-order valence-corrected chi connectivity index (χ1v) is 10.7. The van der Waals surface area contributed by atoms with Gasteiger partial charge in [0.2, 0.25) is 0 Å². The standard InChI is InChI=1S/C26H25N3O2/c1-4-29(5-2)17-12-10-16(11-13-17)25-27-21-15-14-20-22(23(21)28-25)24(30)18-8-6-7-9-19(18)26(20,3)31/h6-15,31H,4-5H2,1-3H3,(H,27,28). The van der Waals surface area contributed by atoms with Gasteiger partial charge in [-0.15, -0.1) is 0 Å². The molecule has 0 aliphatic heterocycles. The van der Waals surface area contributed by atoms with Crippen LogP contribution in [0.1, 0.15) is 47.8 Å². The first kappa shape index (κ1) is 19.5. The van der Waals surface area contributed by atoms with Gasteiger partial charge in [-0.2, -0.15) is 0 Å². The van der Waals surface area contributed by atoms with Gasteiger partial charge >= 0.3 is 0 Å². The number of imidazole rings is 1. The van der Waals surface area contributed by atoms with Crippen LogP contribution in [0.25, 0.3) is 22.4 Å². The van der Waals surface area contributed by atoms with E-state index < -0.39 is 5.60 Å². The summed E-state index contributed by atoms with van der Waals surface area (Å²) in [6.07, 6.45) is 0. The van der Waals surface area contributed by atoms with E-state index in [4.69, 9.17) is 4.98 Å². The average Bonchev–Trinajstić information content (AvgIpc) is 3.23. The van der Waals surface area contributed by atoms with E-state index in [1.54, 1.807) is 13.0 Å². The van der Waals surface area contributed by atoms with Crippen molar-refractivity contribution in [2.45, 2.75) is 26.4 Å². The number of benzene rings is 3. The van der Waals surface area contributed by atoms with Crippen molar-refractivity contribution in [3.63, 3.8) is 0 Å². The van der Waals surface area contributed by atoms with Gasteiger partial charge in [0.25, 0.3) is 0 Å². The van der Waals surface area contributed by atoms with Gasteiger partial charge in [0, 0.05) is 35.5 Å². The van der Waals surface area contributed by atoms with Gasteiger partial charge in [-0.25, -0.2) is 4.98 Å². The molecule has 31 heavy (non-hydrogen) atoms. The van der Waals surface area contributed by atoms with Crippen molar-refractivity contribution >= 4 is 22.5 Å². The fourth-order valence-electron chi connectivity index (χ4n) is 4.65. The summed E-state index contributed by atoms with van der Waals surface area (Å²) in [6.45, 7) is 7.93. The Hall–Kier alpha value is -3.44. The van der Waals surface area contributed by atoms with Crippen LogP contribution >= 0.6 is 0 Å². The highest BCUT2D eigenvalue weighted by Gasteiger charge is 2.40. The summed E-state index contributed by atoms with van der Waals surface area (Å²) in [4.78, 5) is 23.8. The Morgan fingerprint density at radius 2 is 1.68 bits per heavy atom. The Balaban J connectivity index is 1.64. The predicted octanol–water partition coefficient (Wildman–Crippen LogP) is 4.88.